The van der Waals surface area contributed by atoms with Crippen LogP contribution in [-0.2, 0) is 19.9 Å². The SMILES string of the molecule is Cc1c([N+](=O)[O-])c(C(=O)Nc2sc3c(c2C(N)=O)CCC(C)C3)nn1C. The van der Waals surface area contributed by atoms with E-state index in [9.17, 15) is 19.7 Å². The molecule has 138 valence electrons. The number of nitrogens with one attached hydrogen (secondary N) is 1. The molecule has 2 amide bonds. The van der Waals surface area contributed by atoms with E-state index in [4.69, 9.17) is 5.73 Å². The van der Waals surface area contributed by atoms with Gasteiger partial charge in [-0.3, -0.25) is 24.4 Å². The van der Waals surface area contributed by atoms with Gasteiger partial charge in [0.2, 0.25) is 5.69 Å². The molecule has 0 fully saturated rings. The Hall–Kier alpha value is -2.75. The van der Waals surface area contributed by atoms with Crippen LogP contribution >= 0.6 is 11.3 Å². The fourth-order valence-electron chi connectivity index (χ4n) is 3.23. The molecule has 0 saturated carbocycles. The minimum absolute atomic E-state index is 0.273. The van der Waals surface area contributed by atoms with Gasteiger partial charge in [0, 0.05) is 11.9 Å². The van der Waals surface area contributed by atoms with Gasteiger partial charge in [-0.15, -0.1) is 11.3 Å². The highest BCUT2D eigenvalue weighted by Crippen LogP contribution is 2.39. The van der Waals surface area contributed by atoms with Crippen LogP contribution in [0.1, 0.15) is 50.3 Å². The summed E-state index contributed by atoms with van der Waals surface area (Å²) in [5.41, 5.74) is 6.35. The molecule has 3 N–H and O–H groups in total. The summed E-state index contributed by atoms with van der Waals surface area (Å²) in [5, 5.41) is 18.2. The van der Waals surface area contributed by atoms with E-state index in [-0.39, 0.29) is 17.1 Å². The van der Waals surface area contributed by atoms with Crippen molar-refractivity contribution in [1.29, 1.82) is 0 Å². The summed E-state index contributed by atoms with van der Waals surface area (Å²) >= 11 is 1.31. The normalized spacial score (nSPS) is 16.2. The third-order valence-corrected chi connectivity index (χ3v) is 5.85. The molecule has 0 spiro atoms. The lowest BCUT2D eigenvalue weighted by Gasteiger charge is -2.18. The summed E-state index contributed by atoms with van der Waals surface area (Å²) < 4.78 is 1.28. The van der Waals surface area contributed by atoms with E-state index >= 15 is 0 Å². The van der Waals surface area contributed by atoms with Crippen molar-refractivity contribution in [2.75, 3.05) is 5.32 Å². The van der Waals surface area contributed by atoms with Gasteiger partial charge in [-0.25, -0.2) is 0 Å². The Labute approximate surface area is 153 Å². The average Bonchev–Trinajstić information content (AvgIpc) is 3.04. The van der Waals surface area contributed by atoms with Crippen LogP contribution in [0, 0.1) is 23.0 Å². The molecule has 1 aliphatic carbocycles. The minimum Gasteiger partial charge on any atom is -0.365 e. The quantitative estimate of drug-likeness (QED) is 0.622. The number of hydrogen-bond donors (Lipinski definition) is 2. The van der Waals surface area contributed by atoms with Gasteiger partial charge < -0.3 is 11.1 Å². The lowest BCUT2D eigenvalue weighted by Crippen LogP contribution is -2.20. The molecular weight excluding hydrogens is 358 g/mol. The number of aryl methyl sites for hydroxylation is 1. The Morgan fingerprint density at radius 2 is 2.15 bits per heavy atom. The molecule has 2 aromatic rings. The van der Waals surface area contributed by atoms with Crippen LogP contribution in [-0.4, -0.2) is 26.5 Å². The van der Waals surface area contributed by atoms with E-state index in [1.54, 1.807) is 0 Å². The fourth-order valence-corrected chi connectivity index (χ4v) is 4.64. The molecule has 0 bridgehead atoms. The molecule has 0 aliphatic heterocycles. The Morgan fingerprint density at radius 3 is 2.77 bits per heavy atom. The van der Waals surface area contributed by atoms with Crippen molar-refractivity contribution < 1.29 is 14.5 Å². The lowest BCUT2D eigenvalue weighted by molar-refractivity contribution is -0.385. The van der Waals surface area contributed by atoms with E-state index in [1.807, 2.05) is 0 Å². The van der Waals surface area contributed by atoms with E-state index in [0.717, 1.165) is 29.7 Å². The maximum absolute atomic E-state index is 12.6. The molecule has 9 nitrogen and oxygen atoms in total. The molecule has 2 heterocycles. The number of hydrogen-bond acceptors (Lipinski definition) is 6. The molecule has 26 heavy (non-hydrogen) atoms. The van der Waals surface area contributed by atoms with Gasteiger partial charge in [-0.05, 0) is 37.7 Å². The minimum atomic E-state index is -0.727. The van der Waals surface area contributed by atoms with Crippen molar-refractivity contribution in [2.24, 2.45) is 18.7 Å². The second-order valence-corrected chi connectivity index (χ2v) is 7.64. The summed E-state index contributed by atoms with van der Waals surface area (Å²) in [6.45, 7) is 3.65. The lowest BCUT2D eigenvalue weighted by atomic mass is 9.88. The number of nitrogens with two attached hydrogens (primary N) is 1. The van der Waals surface area contributed by atoms with Gasteiger partial charge in [0.1, 0.15) is 10.7 Å². The van der Waals surface area contributed by atoms with Crippen LogP contribution in [0.2, 0.25) is 0 Å². The largest absolute Gasteiger partial charge is 0.365 e. The molecule has 10 heteroatoms. The number of thiophene rings is 1. The van der Waals surface area contributed by atoms with Crippen LogP contribution in [0.4, 0.5) is 10.7 Å². The second-order valence-electron chi connectivity index (χ2n) is 6.54. The number of fused-ring (bicyclic) bond motifs is 1. The Kier molecular flexibility index (Phi) is 4.53. The molecule has 0 saturated heterocycles. The van der Waals surface area contributed by atoms with E-state index < -0.39 is 16.7 Å². The molecule has 3 rings (SSSR count). The Morgan fingerprint density at radius 1 is 1.46 bits per heavy atom. The Bertz CT molecular complexity index is 930. The number of nitrogens with zero attached hydrogens (tertiary/aromatic N) is 3. The number of carbonyl (C=O) groups excluding carboxylic acids is 2. The smallest absolute Gasteiger partial charge is 0.322 e. The zero-order chi connectivity index (χ0) is 19.2. The summed E-state index contributed by atoms with van der Waals surface area (Å²) in [7, 11) is 1.53. The summed E-state index contributed by atoms with van der Waals surface area (Å²) in [6, 6.07) is 0. The average molecular weight is 377 g/mol. The first-order chi connectivity index (χ1) is 12.2. The highest BCUT2D eigenvalue weighted by Gasteiger charge is 2.32. The summed E-state index contributed by atoms with van der Waals surface area (Å²) in [5.74, 6) is -0.849. The predicted octanol–water partition coefficient (Wildman–Crippen LogP) is 2.17. The summed E-state index contributed by atoms with van der Waals surface area (Å²) in [6.07, 6.45) is 2.49. The van der Waals surface area contributed by atoms with Crippen LogP contribution in [0.3, 0.4) is 0 Å². The molecule has 1 aliphatic rings. The highest BCUT2D eigenvalue weighted by atomic mass is 32.1. The zero-order valence-corrected chi connectivity index (χ0v) is 15.5. The van der Waals surface area contributed by atoms with Crippen LogP contribution in [0.15, 0.2) is 0 Å². The van der Waals surface area contributed by atoms with Gasteiger partial charge >= 0.3 is 5.69 Å². The number of rotatable bonds is 4. The van der Waals surface area contributed by atoms with E-state index in [2.05, 4.69) is 17.3 Å². The van der Waals surface area contributed by atoms with E-state index in [1.165, 1.54) is 30.0 Å². The monoisotopic (exact) mass is 377 g/mol. The first kappa shape index (κ1) is 18.1. The third-order valence-electron chi connectivity index (χ3n) is 4.69. The fraction of sp³-hybridized carbons (Fsp3) is 0.438. The number of amides is 2. The molecular formula is C16H19N5O4S. The van der Waals surface area contributed by atoms with Crippen LogP contribution < -0.4 is 11.1 Å². The van der Waals surface area contributed by atoms with Gasteiger partial charge in [0.05, 0.1) is 10.5 Å². The Balaban J connectivity index is 2.00. The molecule has 0 aromatic carbocycles. The standard InChI is InChI=1S/C16H19N5O4S/c1-7-4-5-9-10(6-7)26-16(11(9)14(17)22)18-15(23)12-13(21(24)25)8(2)20(3)19-12/h7H,4-6H2,1-3H3,(H2,17,22)(H,18,23). The van der Waals surface area contributed by atoms with Gasteiger partial charge in [-0.1, -0.05) is 6.92 Å². The first-order valence-electron chi connectivity index (χ1n) is 8.14. The topological polar surface area (TPSA) is 133 Å². The molecule has 0 radical (unpaired) electrons. The second kappa shape index (κ2) is 6.52. The highest BCUT2D eigenvalue weighted by molar-refractivity contribution is 7.17. The number of anilines is 1. The molecule has 2 aromatic heterocycles. The summed E-state index contributed by atoms with van der Waals surface area (Å²) in [4.78, 5) is 36.2. The van der Waals surface area contributed by atoms with Crippen molar-refractivity contribution in [3.8, 4) is 0 Å². The van der Waals surface area contributed by atoms with Crippen molar-refractivity contribution >= 4 is 33.8 Å². The first-order valence-corrected chi connectivity index (χ1v) is 8.96. The number of carbonyl (C=O) groups is 2. The van der Waals surface area contributed by atoms with Gasteiger partial charge in [0.15, 0.2) is 0 Å². The van der Waals surface area contributed by atoms with Crippen molar-refractivity contribution in [1.82, 2.24) is 9.78 Å². The van der Waals surface area contributed by atoms with Crippen molar-refractivity contribution in [3.63, 3.8) is 0 Å². The van der Waals surface area contributed by atoms with Gasteiger partial charge in [0.25, 0.3) is 11.8 Å². The third kappa shape index (κ3) is 2.96. The van der Waals surface area contributed by atoms with Crippen LogP contribution in [0.5, 0.6) is 0 Å². The van der Waals surface area contributed by atoms with Crippen LogP contribution in [0.25, 0.3) is 0 Å². The maximum Gasteiger partial charge on any atom is 0.322 e. The van der Waals surface area contributed by atoms with E-state index in [0.29, 0.717) is 16.5 Å². The van der Waals surface area contributed by atoms with Gasteiger partial charge in [-0.2, -0.15) is 5.10 Å². The zero-order valence-electron chi connectivity index (χ0n) is 14.7. The number of nitro groups is 1. The number of aromatic nitrogens is 2. The maximum atomic E-state index is 12.6. The van der Waals surface area contributed by atoms with Crippen molar-refractivity contribution in [2.45, 2.75) is 33.1 Å². The van der Waals surface area contributed by atoms with Crippen molar-refractivity contribution in [3.05, 3.63) is 37.5 Å². The molecule has 1 unspecified atom stereocenters. The molecule has 1 atom stereocenters. The number of primary amides is 1. The predicted molar refractivity (Wildman–Crippen MR) is 96.6 cm³/mol.